The summed E-state index contributed by atoms with van der Waals surface area (Å²) in [6.45, 7) is 15.1. The Labute approximate surface area is 146 Å². The van der Waals surface area contributed by atoms with Crippen LogP contribution < -0.4 is 0 Å². The maximum atomic E-state index is 12.2. The molecule has 1 aliphatic rings. The SMILES string of the molecule is CC(C)OC1(c2ccc(C(C)C)cc2)CN(C(=O)OC(C)(C)C)C1. The number of rotatable bonds is 4. The number of carbonyl (C=O) groups is 1. The number of likely N-dealkylation sites (tertiary alicyclic amines) is 1. The highest BCUT2D eigenvalue weighted by atomic mass is 16.6. The maximum absolute atomic E-state index is 12.2. The molecule has 24 heavy (non-hydrogen) atoms. The van der Waals surface area contributed by atoms with Crippen molar-refractivity contribution in [2.75, 3.05) is 13.1 Å². The Balaban J connectivity index is 2.14. The van der Waals surface area contributed by atoms with E-state index < -0.39 is 11.2 Å². The zero-order valence-corrected chi connectivity index (χ0v) is 16.1. The minimum Gasteiger partial charge on any atom is -0.444 e. The number of nitrogens with zero attached hydrogens (tertiary/aromatic N) is 1. The molecule has 0 aromatic heterocycles. The van der Waals surface area contributed by atoms with E-state index in [1.54, 1.807) is 4.90 Å². The molecule has 2 rings (SSSR count). The number of ether oxygens (including phenoxy) is 2. The van der Waals surface area contributed by atoms with Gasteiger partial charge in [-0.2, -0.15) is 0 Å². The number of hydrogen-bond donors (Lipinski definition) is 0. The molecular weight excluding hydrogens is 302 g/mol. The van der Waals surface area contributed by atoms with E-state index in [1.807, 2.05) is 34.6 Å². The Morgan fingerprint density at radius 3 is 2.04 bits per heavy atom. The molecule has 0 unspecified atom stereocenters. The Hall–Kier alpha value is -1.55. The van der Waals surface area contributed by atoms with E-state index in [4.69, 9.17) is 9.47 Å². The molecule has 1 amide bonds. The molecule has 0 radical (unpaired) electrons. The first kappa shape index (κ1) is 18.8. The molecule has 0 atom stereocenters. The molecule has 0 N–H and O–H groups in total. The molecule has 0 bridgehead atoms. The largest absolute Gasteiger partial charge is 0.444 e. The number of amides is 1. The van der Waals surface area contributed by atoms with Crippen LogP contribution in [0.3, 0.4) is 0 Å². The molecule has 1 aromatic carbocycles. The third-order valence-electron chi connectivity index (χ3n) is 4.11. The van der Waals surface area contributed by atoms with Crippen LogP contribution in [0.15, 0.2) is 24.3 Å². The van der Waals surface area contributed by atoms with Crippen molar-refractivity contribution >= 4 is 6.09 Å². The summed E-state index contributed by atoms with van der Waals surface area (Å²) in [5, 5.41) is 0. The van der Waals surface area contributed by atoms with E-state index in [1.165, 1.54) is 5.56 Å². The van der Waals surface area contributed by atoms with Crippen molar-refractivity contribution in [2.24, 2.45) is 0 Å². The summed E-state index contributed by atoms with van der Waals surface area (Å²) in [4.78, 5) is 13.9. The Kier molecular flexibility index (Phi) is 5.28. The zero-order chi connectivity index (χ0) is 18.1. The lowest BCUT2D eigenvalue weighted by molar-refractivity contribution is -0.167. The quantitative estimate of drug-likeness (QED) is 0.803. The van der Waals surface area contributed by atoms with Crippen molar-refractivity contribution in [3.8, 4) is 0 Å². The van der Waals surface area contributed by atoms with E-state index in [2.05, 4.69) is 38.1 Å². The summed E-state index contributed by atoms with van der Waals surface area (Å²) in [6.07, 6.45) is -0.181. The van der Waals surface area contributed by atoms with Crippen molar-refractivity contribution in [2.45, 2.75) is 71.7 Å². The van der Waals surface area contributed by atoms with Gasteiger partial charge in [0.05, 0.1) is 19.2 Å². The van der Waals surface area contributed by atoms with E-state index >= 15 is 0 Å². The molecule has 0 spiro atoms. The molecule has 134 valence electrons. The minimum absolute atomic E-state index is 0.0931. The van der Waals surface area contributed by atoms with Gasteiger partial charge in [-0.15, -0.1) is 0 Å². The fourth-order valence-electron chi connectivity index (χ4n) is 2.97. The summed E-state index contributed by atoms with van der Waals surface area (Å²) in [7, 11) is 0. The van der Waals surface area contributed by atoms with E-state index in [-0.39, 0.29) is 12.2 Å². The molecule has 1 heterocycles. The molecule has 0 saturated carbocycles. The third kappa shape index (κ3) is 4.29. The van der Waals surface area contributed by atoms with Crippen LogP contribution in [0.5, 0.6) is 0 Å². The molecule has 0 aliphatic carbocycles. The number of hydrogen-bond acceptors (Lipinski definition) is 3. The first-order valence-corrected chi connectivity index (χ1v) is 8.78. The second-order valence-electron chi connectivity index (χ2n) is 8.27. The smallest absolute Gasteiger partial charge is 0.410 e. The lowest BCUT2D eigenvalue weighted by Crippen LogP contribution is -2.63. The average Bonchev–Trinajstić information content (AvgIpc) is 2.40. The van der Waals surface area contributed by atoms with Crippen molar-refractivity contribution in [3.05, 3.63) is 35.4 Å². The van der Waals surface area contributed by atoms with Crippen LogP contribution in [0.4, 0.5) is 4.79 Å². The van der Waals surface area contributed by atoms with Crippen LogP contribution >= 0.6 is 0 Å². The van der Waals surface area contributed by atoms with Crippen molar-refractivity contribution in [3.63, 3.8) is 0 Å². The normalized spacial score (nSPS) is 17.1. The fraction of sp³-hybridized carbons (Fsp3) is 0.650. The predicted molar refractivity (Wildman–Crippen MR) is 96.2 cm³/mol. The number of carbonyl (C=O) groups excluding carboxylic acids is 1. The zero-order valence-electron chi connectivity index (χ0n) is 16.1. The highest BCUT2D eigenvalue weighted by Crippen LogP contribution is 2.38. The van der Waals surface area contributed by atoms with Crippen LogP contribution in [0.2, 0.25) is 0 Å². The summed E-state index contributed by atoms with van der Waals surface area (Å²) in [5.74, 6) is 0.501. The molecule has 4 nitrogen and oxygen atoms in total. The van der Waals surface area contributed by atoms with Gasteiger partial charge in [0.15, 0.2) is 0 Å². The predicted octanol–water partition coefficient (Wildman–Crippen LogP) is 4.68. The molecule has 1 aromatic rings. The van der Waals surface area contributed by atoms with Gasteiger partial charge in [-0.1, -0.05) is 38.1 Å². The van der Waals surface area contributed by atoms with Crippen LogP contribution in [0, 0.1) is 0 Å². The van der Waals surface area contributed by atoms with Gasteiger partial charge in [-0.05, 0) is 51.7 Å². The van der Waals surface area contributed by atoms with Gasteiger partial charge in [0.2, 0.25) is 0 Å². The maximum Gasteiger partial charge on any atom is 0.410 e. The Morgan fingerprint density at radius 1 is 1.08 bits per heavy atom. The van der Waals surface area contributed by atoms with Crippen molar-refractivity contribution < 1.29 is 14.3 Å². The van der Waals surface area contributed by atoms with E-state index in [9.17, 15) is 4.79 Å². The summed E-state index contributed by atoms with van der Waals surface area (Å²) in [5.41, 5.74) is 1.52. The first-order chi connectivity index (χ1) is 11.0. The Bertz CT molecular complexity index is 564. The third-order valence-corrected chi connectivity index (χ3v) is 4.11. The second kappa shape index (κ2) is 6.75. The molecular formula is C20H31NO3. The Morgan fingerprint density at radius 2 is 1.62 bits per heavy atom. The first-order valence-electron chi connectivity index (χ1n) is 8.78. The second-order valence-corrected chi connectivity index (χ2v) is 8.27. The van der Waals surface area contributed by atoms with Gasteiger partial charge in [-0.3, -0.25) is 0 Å². The summed E-state index contributed by atoms with van der Waals surface area (Å²) >= 11 is 0. The van der Waals surface area contributed by atoms with Gasteiger partial charge in [0, 0.05) is 0 Å². The van der Waals surface area contributed by atoms with Crippen LogP contribution in [0.1, 0.15) is 65.5 Å². The van der Waals surface area contributed by atoms with Gasteiger partial charge in [-0.25, -0.2) is 4.79 Å². The molecule has 1 saturated heterocycles. The average molecular weight is 333 g/mol. The van der Waals surface area contributed by atoms with Gasteiger partial charge >= 0.3 is 6.09 Å². The molecule has 1 fully saturated rings. The number of benzene rings is 1. The van der Waals surface area contributed by atoms with Gasteiger partial charge in [0.25, 0.3) is 0 Å². The van der Waals surface area contributed by atoms with Crippen LogP contribution in [-0.4, -0.2) is 35.8 Å². The fourth-order valence-corrected chi connectivity index (χ4v) is 2.97. The summed E-state index contributed by atoms with van der Waals surface area (Å²) in [6, 6.07) is 8.57. The van der Waals surface area contributed by atoms with E-state index in [0.29, 0.717) is 19.0 Å². The monoisotopic (exact) mass is 333 g/mol. The highest BCUT2D eigenvalue weighted by molar-refractivity contribution is 5.70. The highest BCUT2D eigenvalue weighted by Gasteiger charge is 2.49. The topological polar surface area (TPSA) is 38.8 Å². The minimum atomic E-state index is -0.479. The van der Waals surface area contributed by atoms with Crippen molar-refractivity contribution in [1.82, 2.24) is 4.90 Å². The lowest BCUT2D eigenvalue weighted by Gasteiger charge is -2.50. The van der Waals surface area contributed by atoms with Gasteiger partial charge in [0.1, 0.15) is 11.2 Å². The standard InChI is InChI=1S/C20H31NO3/c1-14(2)16-8-10-17(11-9-16)20(23-15(3)4)12-21(13-20)18(22)24-19(5,6)7/h8-11,14-15H,12-13H2,1-7H3. The summed E-state index contributed by atoms with van der Waals surface area (Å²) < 4.78 is 11.7. The lowest BCUT2D eigenvalue weighted by atomic mass is 9.84. The van der Waals surface area contributed by atoms with Crippen LogP contribution in [0.25, 0.3) is 0 Å². The van der Waals surface area contributed by atoms with Crippen molar-refractivity contribution in [1.29, 1.82) is 0 Å². The molecule has 1 aliphatic heterocycles. The van der Waals surface area contributed by atoms with E-state index in [0.717, 1.165) is 5.56 Å². The molecule has 4 heteroatoms. The van der Waals surface area contributed by atoms with Gasteiger partial charge < -0.3 is 14.4 Å². The van der Waals surface area contributed by atoms with Crippen LogP contribution in [-0.2, 0) is 15.1 Å².